The van der Waals surface area contributed by atoms with Crippen molar-refractivity contribution in [3.05, 3.63) is 12.4 Å². The monoisotopic (exact) mass is 240 g/mol. The number of amides is 1. The SMILES string of the molecule is CN1CCN(C(=O)CSc2ncc[nH]2)CC1. The van der Waals surface area contributed by atoms with Gasteiger partial charge in [-0.25, -0.2) is 4.98 Å². The van der Waals surface area contributed by atoms with Crippen LogP contribution >= 0.6 is 11.8 Å². The molecule has 2 rings (SSSR count). The summed E-state index contributed by atoms with van der Waals surface area (Å²) in [5.41, 5.74) is 0. The molecule has 88 valence electrons. The summed E-state index contributed by atoms with van der Waals surface area (Å²) in [5, 5.41) is 0.808. The van der Waals surface area contributed by atoms with Gasteiger partial charge in [0.2, 0.25) is 5.91 Å². The second-order valence-electron chi connectivity index (χ2n) is 3.87. The van der Waals surface area contributed by atoms with E-state index >= 15 is 0 Å². The maximum atomic E-state index is 11.8. The average molecular weight is 240 g/mol. The van der Waals surface area contributed by atoms with Gasteiger partial charge in [0.05, 0.1) is 5.75 Å². The molecular weight excluding hydrogens is 224 g/mol. The first kappa shape index (κ1) is 11.5. The van der Waals surface area contributed by atoms with Crippen LogP contribution in [0.3, 0.4) is 0 Å². The molecule has 1 fully saturated rings. The highest BCUT2D eigenvalue weighted by atomic mass is 32.2. The van der Waals surface area contributed by atoms with Crippen molar-refractivity contribution in [3.63, 3.8) is 0 Å². The maximum Gasteiger partial charge on any atom is 0.233 e. The second-order valence-corrected chi connectivity index (χ2v) is 4.83. The van der Waals surface area contributed by atoms with Crippen LogP contribution in [0.1, 0.15) is 0 Å². The molecule has 0 radical (unpaired) electrons. The minimum Gasteiger partial charge on any atom is -0.340 e. The van der Waals surface area contributed by atoms with E-state index in [1.54, 1.807) is 12.4 Å². The standard InChI is InChI=1S/C10H16N4OS/c1-13-4-6-14(7-5-13)9(15)8-16-10-11-2-3-12-10/h2-3H,4-8H2,1H3,(H,11,12). The molecule has 0 bridgehead atoms. The third kappa shape index (κ3) is 2.99. The Bertz CT molecular complexity index is 333. The fraction of sp³-hybridized carbons (Fsp3) is 0.600. The predicted octanol–water partition coefficient (Wildman–Crippen LogP) is 0.276. The van der Waals surface area contributed by atoms with E-state index in [4.69, 9.17) is 0 Å². The number of nitrogens with zero attached hydrogens (tertiary/aromatic N) is 3. The molecule has 0 atom stereocenters. The Labute approximate surface area is 99.2 Å². The van der Waals surface area contributed by atoms with E-state index < -0.39 is 0 Å². The highest BCUT2D eigenvalue weighted by molar-refractivity contribution is 7.99. The highest BCUT2D eigenvalue weighted by Gasteiger charge is 2.18. The summed E-state index contributed by atoms with van der Waals surface area (Å²) in [5.74, 6) is 0.673. The summed E-state index contributed by atoms with van der Waals surface area (Å²) in [4.78, 5) is 23.1. The molecular formula is C10H16N4OS. The molecule has 0 aliphatic carbocycles. The van der Waals surface area contributed by atoms with Gasteiger partial charge in [-0.05, 0) is 7.05 Å². The lowest BCUT2D eigenvalue weighted by atomic mass is 10.3. The highest BCUT2D eigenvalue weighted by Crippen LogP contribution is 2.13. The van der Waals surface area contributed by atoms with Crippen molar-refractivity contribution >= 4 is 17.7 Å². The van der Waals surface area contributed by atoms with Crippen LogP contribution in [-0.2, 0) is 4.79 Å². The lowest BCUT2D eigenvalue weighted by Crippen LogP contribution is -2.47. The van der Waals surface area contributed by atoms with Crippen molar-refractivity contribution in [2.24, 2.45) is 0 Å². The number of hydrogen-bond donors (Lipinski definition) is 1. The molecule has 0 aromatic carbocycles. The smallest absolute Gasteiger partial charge is 0.233 e. The Morgan fingerprint density at radius 1 is 1.50 bits per heavy atom. The summed E-state index contributed by atoms with van der Waals surface area (Å²) < 4.78 is 0. The maximum absolute atomic E-state index is 11.8. The number of aromatic nitrogens is 2. The zero-order valence-electron chi connectivity index (χ0n) is 9.35. The summed E-state index contributed by atoms with van der Waals surface area (Å²) in [7, 11) is 2.08. The Morgan fingerprint density at radius 2 is 2.25 bits per heavy atom. The van der Waals surface area contributed by atoms with Crippen molar-refractivity contribution in [3.8, 4) is 0 Å². The molecule has 16 heavy (non-hydrogen) atoms. The molecule has 1 amide bonds. The van der Waals surface area contributed by atoms with Gasteiger partial charge in [0.25, 0.3) is 0 Å². The van der Waals surface area contributed by atoms with Gasteiger partial charge in [0.15, 0.2) is 5.16 Å². The first-order valence-corrected chi connectivity index (χ1v) is 6.33. The molecule has 0 saturated carbocycles. The quantitative estimate of drug-likeness (QED) is 0.771. The molecule has 6 heteroatoms. The number of likely N-dealkylation sites (N-methyl/N-ethyl adjacent to an activating group) is 1. The molecule has 0 spiro atoms. The Balaban J connectivity index is 1.75. The van der Waals surface area contributed by atoms with Crippen LogP contribution in [0.25, 0.3) is 0 Å². The molecule has 1 aromatic rings. The first-order valence-electron chi connectivity index (χ1n) is 5.34. The van der Waals surface area contributed by atoms with Gasteiger partial charge in [-0.3, -0.25) is 4.79 Å². The van der Waals surface area contributed by atoms with Crippen LogP contribution in [-0.4, -0.2) is 64.7 Å². The Hall–Kier alpha value is -1.01. The van der Waals surface area contributed by atoms with Gasteiger partial charge in [-0.1, -0.05) is 11.8 Å². The molecule has 1 aliphatic heterocycles. The number of imidazole rings is 1. The van der Waals surface area contributed by atoms with E-state index in [1.165, 1.54) is 11.8 Å². The predicted molar refractivity (Wildman–Crippen MR) is 63.4 cm³/mol. The van der Waals surface area contributed by atoms with Crippen molar-refractivity contribution in [2.45, 2.75) is 5.16 Å². The van der Waals surface area contributed by atoms with Crippen molar-refractivity contribution in [1.29, 1.82) is 0 Å². The molecule has 1 saturated heterocycles. The second kappa shape index (κ2) is 5.36. The number of carbonyl (C=O) groups is 1. The number of piperazine rings is 1. The zero-order valence-corrected chi connectivity index (χ0v) is 10.2. The Kier molecular flexibility index (Phi) is 3.84. The van der Waals surface area contributed by atoms with E-state index in [0.717, 1.165) is 31.3 Å². The molecule has 1 aliphatic rings. The van der Waals surface area contributed by atoms with Gasteiger partial charge in [0, 0.05) is 38.6 Å². The van der Waals surface area contributed by atoms with E-state index in [-0.39, 0.29) is 5.91 Å². The van der Waals surface area contributed by atoms with Gasteiger partial charge < -0.3 is 14.8 Å². The number of thioether (sulfide) groups is 1. The number of H-pyrrole nitrogens is 1. The van der Waals surface area contributed by atoms with Gasteiger partial charge >= 0.3 is 0 Å². The average Bonchev–Trinajstić information content (AvgIpc) is 2.80. The van der Waals surface area contributed by atoms with Crippen LogP contribution in [0, 0.1) is 0 Å². The van der Waals surface area contributed by atoms with Gasteiger partial charge in [0.1, 0.15) is 0 Å². The largest absolute Gasteiger partial charge is 0.340 e. The topological polar surface area (TPSA) is 52.2 Å². The van der Waals surface area contributed by atoms with Crippen LogP contribution in [0.4, 0.5) is 0 Å². The lowest BCUT2D eigenvalue weighted by Gasteiger charge is -2.32. The van der Waals surface area contributed by atoms with Crippen molar-refractivity contribution in [1.82, 2.24) is 19.8 Å². The molecule has 1 aromatic heterocycles. The van der Waals surface area contributed by atoms with E-state index in [9.17, 15) is 4.79 Å². The molecule has 5 nitrogen and oxygen atoms in total. The van der Waals surface area contributed by atoms with Crippen LogP contribution in [0.5, 0.6) is 0 Å². The summed E-state index contributed by atoms with van der Waals surface area (Å²) in [6.45, 7) is 3.62. The summed E-state index contributed by atoms with van der Waals surface area (Å²) in [6.07, 6.45) is 3.46. The number of aromatic amines is 1. The van der Waals surface area contributed by atoms with Crippen LogP contribution in [0.2, 0.25) is 0 Å². The van der Waals surface area contributed by atoms with Crippen molar-refractivity contribution in [2.75, 3.05) is 39.0 Å². The third-order valence-corrected chi connectivity index (χ3v) is 3.55. The fourth-order valence-corrected chi connectivity index (χ4v) is 2.34. The van der Waals surface area contributed by atoms with Gasteiger partial charge in [-0.2, -0.15) is 0 Å². The molecule has 2 heterocycles. The number of nitrogens with one attached hydrogen (secondary N) is 1. The molecule has 0 unspecified atom stereocenters. The van der Waals surface area contributed by atoms with Crippen LogP contribution in [0.15, 0.2) is 17.6 Å². The zero-order chi connectivity index (χ0) is 11.4. The third-order valence-electron chi connectivity index (χ3n) is 2.66. The van der Waals surface area contributed by atoms with E-state index in [2.05, 4.69) is 21.9 Å². The summed E-state index contributed by atoms with van der Waals surface area (Å²) in [6, 6.07) is 0. The number of hydrogen-bond acceptors (Lipinski definition) is 4. The van der Waals surface area contributed by atoms with Gasteiger partial charge in [-0.15, -0.1) is 0 Å². The first-order chi connectivity index (χ1) is 7.75. The normalized spacial score (nSPS) is 17.7. The lowest BCUT2D eigenvalue weighted by molar-refractivity contribution is -0.129. The Morgan fingerprint density at radius 3 is 2.88 bits per heavy atom. The minimum atomic E-state index is 0.203. The van der Waals surface area contributed by atoms with E-state index in [1.807, 2.05) is 4.90 Å². The fourth-order valence-electron chi connectivity index (χ4n) is 1.61. The van der Waals surface area contributed by atoms with E-state index in [0.29, 0.717) is 5.75 Å². The number of rotatable bonds is 3. The van der Waals surface area contributed by atoms with Crippen molar-refractivity contribution < 1.29 is 4.79 Å². The summed E-state index contributed by atoms with van der Waals surface area (Å²) >= 11 is 1.46. The minimum absolute atomic E-state index is 0.203. The molecule has 1 N–H and O–H groups in total. The number of carbonyl (C=O) groups excluding carboxylic acids is 1. The van der Waals surface area contributed by atoms with Crippen LogP contribution < -0.4 is 0 Å².